The van der Waals surface area contributed by atoms with Gasteiger partial charge >= 0.3 is 5.97 Å². The topological polar surface area (TPSA) is 109 Å². The number of anilines is 2. The lowest BCUT2D eigenvalue weighted by atomic mass is 10.1. The van der Waals surface area contributed by atoms with Crippen molar-refractivity contribution in [2.24, 2.45) is 5.92 Å². The molecule has 1 rings (SSSR count). The monoisotopic (exact) mass is 266 g/mol. The van der Waals surface area contributed by atoms with E-state index in [1.54, 1.807) is 25.9 Å². The number of amides is 1. The molecule has 1 atom stereocenters. The van der Waals surface area contributed by atoms with Crippen LogP contribution < -0.4 is 16.0 Å². The number of carbonyl (C=O) groups excluding carboxylic acids is 1. The van der Waals surface area contributed by atoms with Gasteiger partial charge in [-0.1, -0.05) is 6.92 Å². The fourth-order valence-electron chi connectivity index (χ4n) is 1.74. The second kappa shape index (κ2) is 6.03. The smallest absolute Gasteiger partial charge is 0.337 e. The van der Waals surface area contributed by atoms with Gasteiger partial charge in [-0.05, 0) is 6.07 Å². The van der Waals surface area contributed by atoms with Gasteiger partial charge in [0, 0.05) is 26.8 Å². The van der Waals surface area contributed by atoms with E-state index in [1.807, 2.05) is 0 Å². The minimum atomic E-state index is -1.08. The van der Waals surface area contributed by atoms with Crippen LogP contribution in [0.4, 0.5) is 11.5 Å². The van der Waals surface area contributed by atoms with Gasteiger partial charge in [-0.25, -0.2) is 9.78 Å². The number of hydrogen-bond acceptors (Lipinski definition) is 5. The predicted octanol–water partition coefficient (Wildman–Crippen LogP) is 0.180. The van der Waals surface area contributed by atoms with E-state index in [0.717, 1.165) is 0 Å². The molecule has 19 heavy (non-hydrogen) atoms. The van der Waals surface area contributed by atoms with Crippen LogP contribution >= 0.6 is 0 Å². The van der Waals surface area contributed by atoms with Crippen molar-refractivity contribution >= 4 is 23.4 Å². The third kappa shape index (κ3) is 3.57. The van der Waals surface area contributed by atoms with Crippen molar-refractivity contribution in [3.8, 4) is 0 Å². The molecule has 4 N–H and O–H groups in total. The lowest BCUT2D eigenvalue weighted by molar-refractivity contribution is -0.123. The minimum absolute atomic E-state index is 0.0361. The number of nitrogen functional groups attached to an aromatic ring is 1. The van der Waals surface area contributed by atoms with Gasteiger partial charge in [-0.2, -0.15) is 0 Å². The fourth-order valence-corrected chi connectivity index (χ4v) is 1.74. The summed E-state index contributed by atoms with van der Waals surface area (Å²) in [6.45, 7) is 2.22. The van der Waals surface area contributed by atoms with E-state index in [4.69, 9.17) is 10.8 Å². The largest absolute Gasteiger partial charge is 0.478 e. The third-order valence-electron chi connectivity index (χ3n) is 2.75. The van der Waals surface area contributed by atoms with E-state index in [0.29, 0.717) is 12.4 Å². The molecule has 1 amide bonds. The Morgan fingerprint density at radius 2 is 2.21 bits per heavy atom. The van der Waals surface area contributed by atoms with Gasteiger partial charge in [0.05, 0.1) is 17.2 Å². The van der Waals surface area contributed by atoms with Crippen LogP contribution in [0.3, 0.4) is 0 Å². The van der Waals surface area contributed by atoms with Crippen LogP contribution in [0.15, 0.2) is 12.3 Å². The Morgan fingerprint density at radius 3 is 2.68 bits per heavy atom. The second-order valence-electron chi connectivity index (χ2n) is 4.34. The van der Waals surface area contributed by atoms with Gasteiger partial charge in [0.2, 0.25) is 5.91 Å². The van der Waals surface area contributed by atoms with Crippen LogP contribution in [-0.2, 0) is 4.79 Å². The van der Waals surface area contributed by atoms with Crippen LogP contribution in [0.1, 0.15) is 17.3 Å². The maximum Gasteiger partial charge on any atom is 0.337 e. The molecule has 7 nitrogen and oxygen atoms in total. The molecule has 0 aliphatic rings. The van der Waals surface area contributed by atoms with Crippen molar-refractivity contribution in [2.45, 2.75) is 6.92 Å². The normalized spacial score (nSPS) is 11.7. The van der Waals surface area contributed by atoms with E-state index < -0.39 is 5.97 Å². The summed E-state index contributed by atoms with van der Waals surface area (Å²) in [7, 11) is 3.33. The van der Waals surface area contributed by atoms with Crippen LogP contribution in [0.25, 0.3) is 0 Å². The number of carboxylic acids is 1. The first kappa shape index (κ1) is 14.7. The molecule has 0 saturated heterocycles. The average molecular weight is 266 g/mol. The molecule has 1 heterocycles. The Morgan fingerprint density at radius 1 is 1.58 bits per heavy atom. The number of rotatable bonds is 5. The Labute approximate surface area is 111 Å². The van der Waals surface area contributed by atoms with Crippen molar-refractivity contribution in [1.82, 2.24) is 10.3 Å². The first-order valence-corrected chi connectivity index (χ1v) is 5.78. The highest BCUT2D eigenvalue weighted by Crippen LogP contribution is 2.20. The van der Waals surface area contributed by atoms with Crippen molar-refractivity contribution in [3.63, 3.8) is 0 Å². The summed E-state index contributed by atoms with van der Waals surface area (Å²) in [4.78, 5) is 28.0. The lowest BCUT2D eigenvalue weighted by Crippen LogP contribution is -2.35. The number of aromatic nitrogens is 1. The molecule has 0 aliphatic heterocycles. The third-order valence-corrected chi connectivity index (χ3v) is 2.75. The minimum Gasteiger partial charge on any atom is -0.478 e. The summed E-state index contributed by atoms with van der Waals surface area (Å²) >= 11 is 0. The maximum atomic E-state index is 11.4. The van der Waals surface area contributed by atoms with Gasteiger partial charge in [0.15, 0.2) is 5.82 Å². The summed E-state index contributed by atoms with van der Waals surface area (Å²) in [5.41, 5.74) is 6.08. The molecule has 0 aliphatic carbocycles. The SMILES string of the molecule is CNC(=O)C(C)CN(C)c1ncc(C(=O)O)cc1N. The highest BCUT2D eigenvalue weighted by atomic mass is 16.4. The molecule has 1 aromatic heterocycles. The number of carbonyl (C=O) groups is 2. The molecule has 0 saturated carbocycles. The molecule has 104 valence electrons. The number of pyridine rings is 1. The fraction of sp³-hybridized carbons (Fsp3) is 0.417. The Kier molecular flexibility index (Phi) is 4.68. The second-order valence-corrected chi connectivity index (χ2v) is 4.34. The molecule has 1 unspecified atom stereocenters. The molecule has 7 heteroatoms. The summed E-state index contributed by atoms with van der Waals surface area (Å²) in [5.74, 6) is -0.921. The van der Waals surface area contributed by atoms with Gasteiger partial charge in [0.1, 0.15) is 0 Å². The lowest BCUT2D eigenvalue weighted by Gasteiger charge is -2.22. The maximum absolute atomic E-state index is 11.4. The number of carboxylic acid groups (broad SMARTS) is 1. The summed E-state index contributed by atoms with van der Waals surface area (Å²) < 4.78 is 0. The van der Waals surface area contributed by atoms with E-state index in [2.05, 4.69) is 10.3 Å². The zero-order valence-electron chi connectivity index (χ0n) is 11.2. The number of nitrogens with zero attached hydrogens (tertiary/aromatic N) is 2. The molecule has 1 aromatic rings. The number of hydrogen-bond donors (Lipinski definition) is 3. The quantitative estimate of drug-likeness (QED) is 0.701. The summed E-state index contributed by atoms with van der Waals surface area (Å²) in [5, 5.41) is 11.4. The molecule has 0 fully saturated rings. The number of nitrogens with one attached hydrogen (secondary N) is 1. The standard InChI is InChI=1S/C12H18N4O3/c1-7(11(17)14-2)6-16(3)10-9(13)4-8(5-15-10)12(18)19/h4-5,7H,6,13H2,1-3H3,(H,14,17)(H,18,19). The number of aromatic carboxylic acids is 1. The molecular weight excluding hydrogens is 248 g/mol. The Hall–Kier alpha value is -2.31. The van der Waals surface area contributed by atoms with Gasteiger partial charge in [-0.15, -0.1) is 0 Å². The van der Waals surface area contributed by atoms with Gasteiger partial charge < -0.3 is 21.1 Å². The van der Waals surface area contributed by atoms with Crippen LogP contribution in [0, 0.1) is 5.92 Å². The van der Waals surface area contributed by atoms with Crippen molar-refractivity contribution in [2.75, 3.05) is 31.3 Å². The molecule has 0 bridgehead atoms. The Bertz CT molecular complexity index is 490. The number of nitrogens with two attached hydrogens (primary N) is 1. The van der Waals surface area contributed by atoms with Crippen LogP contribution in [-0.4, -0.2) is 42.6 Å². The highest BCUT2D eigenvalue weighted by Gasteiger charge is 2.17. The summed E-state index contributed by atoms with van der Waals surface area (Å²) in [6, 6.07) is 1.35. The average Bonchev–Trinajstić information content (AvgIpc) is 2.37. The molecule has 0 spiro atoms. The molecule has 0 radical (unpaired) electrons. The zero-order chi connectivity index (χ0) is 14.6. The van der Waals surface area contributed by atoms with Crippen LogP contribution in [0.2, 0.25) is 0 Å². The van der Waals surface area contributed by atoms with E-state index >= 15 is 0 Å². The van der Waals surface area contributed by atoms with E-state index in [9.17, 15) is 9.59 Å². The molecule has 0 aromatic carbocycles. The van der Waals surface area contributed by atoms with Crippen LogP contribution in [0.5, 0.6) is 0 Å². The van der Waals surface area contributed by atoms with E-state index in [-0.39, 0.29) is 23.1 Å². The van der Waals surface area contributed by atoms with Crippen molar-refractivity contribution in [1.29, 1.82) is 0 Å². The van der Waals surface area contributed by atoms with Crippen molar-refractivity contribution < 1.29 is 14.7 Å². The predicted molar refractivity (Wildman–Crippen MR) is 72.1 cm³/mol. The Balaban J connectivity index is 2.85. The van der Waals surface area contributed by atoms with Crippen molar-refractivity contribution in [3.05, 3.63) is 17.8 Å². The highest BCUT2D eigenvalue weighted by molar-refractivity contribution is 5.89. The first-order chi connectivity index (χ1) is 8.86. The van der Waals surface area contributed by atoms with E-state index in [1.165, 1.54) is 12.3 Å². The van der Waals surface area contributed by atoms with Gasteiger partial charge in [-0.3, -0.25) is 4.79 Å². The summed E-state index contributed by atoms with van der Waals surface area (Å²) in [6.07, 6.45) is 1.25. The molecular formula is C12H18N4O3. The zero-order valence-corrected chi connectivity index (χ0v) is 11.2. The van der Waals surface area contributed by atoms with Gasteiger partial charge in [0.25, 0.3) is 0 Å². The first-order valence-electron chi connectivity index (χ1n) is 5.78.